The van der Waals surface area contributed by atoms with Crippen molar-refractivity contribution in [1.29, 1.82) is 0 Å². The molecule has 1 unspecified atom stereocenters. The summed E-state index contributed by atoms with van der Waals surface area (Å²) in [5.41, 5.74) is 7.25. The normalized spacial score (nSPS) is 16.4. The lowest BCUT2D eigenvalue weighted by Crippen LogP contribution is -2.46. The number of anilines is 2. The highest BCUT2D eigenvalue weighted by Gasteiger charge is 2.22. The van der Waals surface area contributed by atoms with E-state index in [1.807, 2.05) is 30.9 Å². The van der Waals surface area contributed by atoms with Crippen LogP contribution in [0.2, 0.25) is 0 Å². The van der Waals surface area contributed by atoms with Gasteiger partial charge in [0.2, 0.25) is 5.91 Å². The van der Waals surface area contributed by atoms with E-state index in [1.165, 1.54) is 0 Å². The summed E-state index contributed by atoms with van der Waals surface area (Å²) < 4.78 is 10.7. The van der Waals surface area contributed by atoms with Crippen molar-refractivity contribution in [3.05, 3.63) is 18.2 Å². The third-order valence-electron chi connectivity index (χ3n) is 3.39. The molecule has 1 aromatic carbocycles. The van der Waals surface area contributed by atoms with E-state index in [0.717, 1.165) is 5.69 Å². The van der Waals surface area contributed by atoms with Gasteiger partial charge in [0.1, 0.15) is 11.8 Å². The van der Waals surface area contributed by atoms with E-state index in [9.17, 15) is 4.79 Å². The smallest absolute Gasteiger partial charge is 0.244 e. The number of carbonyl (C=O) groups excluding carboxylic acids is 1. The number of hydrogen-bond acceptors (Lipinski definition) is 5. The first kappa shape index (κ1) is 15.4. The van der Waals surface area contributed by atoms with Gasteiger partial charge >= 0.3 is 0 Å². The predicted molar refractivity (Wildman–Crippen MR) is 82.5 cm³/mol. The van der Waals surface area contributed by atoms with Gasteiger partial charge in [0.25, 0.3) is 0 Å². The zero-order valence-electron chi connectivity index (χ0n) is 12.6. The fourth-order valence-electron chi connectivity index (χ4n) is 2.27. The number of carbonyl (C=O) groups is 1. The molecule has 0 saturated carbocycles. The fourth-order valence-corrected chi connectivity index (χ4v) is 2.27. The Hall–Kier alpha value is -1.95. The van der Waals surface area contributed by atoms with Crippen LogP contribution in [0.25, 0.3) is 0 Å². The van der Waals surface area contributed by atoms with Crippen molar-refractivity contribution in [1.82, 2.24) is 4.90 Å². The van der Waals surface area contributed by atoms with E-state index in [-0.39, 0.29) is 11.9 Å². The Labute approximate surface area is 125 Å². The number of nitrogen functional groups attached to an aromatic ring is 1. The highest BCUT2D eigenvalue weighted by Crippen LogP contribution is 2.26. The summed E-state index contributed by atoms with van der Waals surface area (Å²) >= 11 is 0. The second-order valence-corrected chi connectivity index (χ2v) is 4.99. The summed E-state index contributed by atoms with van der Waals surface area (Å²) in [6.07, 6.45) is 0. The second-order valence-electron chi connectivity index (χ2n) is 4.99. The third kappa shape index (κ3) is 4.01. The molecule has 0 radical (unpaired) electrons. The van der Waals surface area contributed by atoms with E-state index in [2.05, 4.69) is 5.32 Å². The molecule has 0 spiro atoms. The lowest BCUT2D eigenvalue weighted by Gasteiger charge is -2.29. The molecule has 0 aromatic heterocycles. The molecule has 1 heterocycles. The van der Waals surface area contributed by atoms with Gasteiger partial charge in [0.05, 0.1) is 25.5 Å². The summed E-state index contributed by atoms with van der Waals surface area (Å²) in [7, 11) is 0. The number of ether oxygens (including phenoxy) is 2. The third-order valence-corrected chi connectivity index (χ3v) is 3.39. The summed E-state index contributed by atoms with van der Waals surface area (Å²) in [6.45, 7) is 6.83. The van der Waals surface area contributed by atoms with Crippen LogP contribution in [-0.4, -0.2) is 49.8 Å². The average Bonchev–Trinajstić information content (AvgIpc) is 2.51. The molecular formula is C15H23N3O3. The van der Waals surface area contributed by atoms with Gasteiger partial charge in [0.15, 0.2) is 0 Å². The SMILES string of the molecule is CCOc1cc(NC(C)C(=O)N2CCOCC2)ccc1N. The minimum absolute atomic E-state index is 0.0769. The van der Waals surface area contributed by atoms with Crippen LogP contribution in [-0.2, 0) is 9.53 Å². The average molecular weight is 293 g/mol. The van der Waals surface area contributed by atoms with Crippen LogP contribution in [0.15, 0.2) is 18.2 Å². The van der Waals surface area contributed by atoms with Crippen LogP contribution >= 0.6 is 0 Å². The van der Waals surface area contributed by atoms with Crippen molar-refractivity contribution >= 4 is 17.3 Å². The van der Waals surface area contributed by atoms with Crippen molar-refractivity contribution in [3.8, 4) is 5.75 Å². The van der Waals surface area contributed by atoms with Gasteiger partial charge in [-0.25, -0.2) is 0 Å². The van der Waals surface area contributed by atoms with Gasteiger partial charge in [-0.3, -0.25) is 4.79 Å². The molecule has 3 N–H and O–H groups in total. The topological polar surface area (TPSA) is 76.8 Å². The Bertz CT molecular complexity index is 487. The molecule has 0 bridgehead atoms. The minimum Gasteiger partial charge on any atom is -0.492 e. The summed E-state index contributed by atoms with van der Waals surface area (Å²) in [6, 6.07) is 5.14. The van der Waals surface area contributed by atoms with E-state index >= 15 is 0 Å². The maximum Gasteiger partial charge on any atom is 0.244 e. The van der Waals surface area contributed by atoms with E-state index in [1.54, 1.807) is 6.07 Å². The first-order valence-electron chi connectivity index (χ1n) is 7.27. The maximum atomic E-state index is 12.3. The molecular weight excluding hydrogens is 270 g/mol. The first-order valence-corrected chi connectivity index (χ1v) is 7.27. The molecule has 116 valence electrons. The zero-order valence-corrected chi connectivity index (χ0v) is 12.6. The fraction of sp³-hybridized carbons (Fsp3) is 0.533. The Morgan fingerprint density at radius 2 is 2.19 bits per heavy atom. The quantitative estimate of drug-likeness (QED) is 0.801. The number of nitrogens with zero attached hydrogens (tertiary/aromatic N) is 1. The van der Waals surface area contributed by atoms with Crippen molar-refractivity contribution in [2.24, 2.45) is 0 Å². The van der Waals surface area contributed by atoms with Crippen molar-refractivity contribution in [3.63, 3.8) is 0 Å². The maximum absolute atomic E-state index is 12.3. The van der Waals surface area contributed by atoms with E-state index in [4.69, 9.17) is 15.2 Å². The van der Waals surface area contributed by atoms with E-state index in [0.29, 0.717) is 44.3 Å². The molecule has 21 heavy (non-hydrogen) atoms. The van der Waals surface area contributed by atoms with Gasteiger partial charge in [-0.15, -0.1) is 0 Å². The number of morpholine rings is 1. The van der Waals surface area contributed by atoms with E-state index < -0.39 is 0 Å². The van der Waals surface area contributed by atoms with Crippen molar-refractivity contribution in [2.45, 2.75) is 19.9 Å². The van der Waals surface area contributed by atoms with Crippen LogP contribution < -0.4 is 15.8 Å². The molecule has 1 aliphatic rings. The van der Waals surface area contributed by atoms with Crippen molar-refractivity contribution < 1.29 is 14.3 Å². The number of amides is 1. The number of hydrogen-bond donors (Lipinski definition) is 2. The minimum atomic E-state index is -0.304. The lowest BCUT2D eigenvalue weighted by atomic mass is 10.2. The molecule has 1 amide bonds. The Kier molecular flexibility index (Phi) is 5.27. The molecule has 1 fully saturated rings. The Morgan fingerprint density at radius 1 is 1.48 bits per heavy atom. The molecule has 2 rings (SSSR count). The zero-order chi connectivity index (χ0) is 15.2. The second kappa shape index (κ2) is 7.17. The molecule has 1 saturated heterocycles. The Morgan fingerprint density at radius 3 is 2.86 bits per heavy atom. The molecule has 0 aliphatic carbocycles. The van der Waals surface area contributed by atoms with Crippen LogP contribution in [0.3, 0.4) is 0 Å². The highest BCUT2D eigenvalue weighted by atomic mass is 16.5. The van der Waals surface area contributed by atoms with Gasteiger partial charge < -0.3 is 25.4 Å². The summed E-state index contributed by atoms with van der Waals surface area (Å²) in [5, 5.41) is 3.20. The first-order chi connectivity index (χ1) is 10.1. The molecule has 1 atom stereocenters. The summed E-state index contributed by atoms with van der Waals surface area (Å²) in [5.74, 6) is 0.710. The number of nitrogens with two attached hydrogens (primary N) is 1. The van der Waals surface area contributed by atoms with Gasteiger partial charge in [0, 0.05) is 24.8 Å². The molecule has 6 heteroatoms. The highest BCUT2D eigenvalue weighted by molar-refractivity contribution is 5.84. The summed E-state index contributed by atoms with van der Waals surface area (Å²) in [4.78, 5) is 14.2. The van der Waals surface area contributed by atoms with Crippen LogP contribution in [0.1, 0.15) is 13.8 Å². The monoisotopic (exact) mass is 293 g/mol. The number of benzene rings is 1. The predicted octanol–water partition coefficient (Wildman–Crippen LogP) is 1.33. The largest absolute Gasteiger partial charge is 0.492 e. The molecule has 1 aliphatic heterocycles. The molecule has 6 nitrogen and oxygen atoms in total. The van der Waals surface area contributed by atoms with Gasteiger partial charge in [-0.05, 0) is 26.0 Å². The number of rotatable bonds is 5. The van der Waals surface area contributed by atoms with Crippen LogP contribution in [0.5, 0.6) is 5.75 Å². The number of nitrogens with one attached hydrogen (secondary N) is 1. The van der Waals surface area contributed by atoms with Crippen molar-refractivity contribution in [2.75, 3.05) is 44.0 Å². The van der Waals surface area contributed by atoms with Crippen LogP contribution in [0, 0.1) is 0 Å². The van der Waals surface area contributed by atoms with Crippen LogP contribution in [0.4, 0.5) is 11.4 Å². The Balaban J connectivity index is 1.99. The van der Waals surface area contributed by atoms with Gasteiger partial charge in [-0.2, -0.15) is 0 Å². The van der Waals surface area contributed by atoms with Gasteiger partial charge in [-0.1, -0.05) is 0 Å². The lowest BCUT2D eigenvalue weighted by molar-refractivity contribution is -0.135. The molecule has 1 aromatic rings. The standard InChI is InChI=1S/C15H23N3O3/c1-3-21-14-10-12(4-5-13(14)16)17-11(2)15(19)18-6-8-20-9-7-18/h4-5,10-11,17H,3,6-9,16H2,1-2H3.